The zero-order chi connectivity index (χ0) is 10.8. The third-order valence-corrected chi connectivity index (χ3v) is 4.00. The summed E-state index contributed by atoms with van der Waals surface area (Å²) < 4.78 is 0. The summed E-state index contributed by atoms with van der Waals surface area (Å²) >= 11 is 0. The lowest BCUT2D eigenvalue weighted by Gasteiger charge is -2.42. The zero-order valence-electron chi connectivity index (χ0n) is 10.4. The highest BCUT2D eigenvalue weighted by Gasteiger charge is 2.29. The second kappa shape index (κ2) is 4.84. The zero-order valence-corrected chi connectivity index (χ0v) is 10.4. The molecule has 2 fully saturated rings. The molecule has 2 aliphatic rings. The van der Waals surface area contributed by atoms with Crippen molar-refractivity contribution in [2.24, 2.45) is 11.8 Å². The van der Waals surface area contributed by atoms with E-state index in [1.807, 2.05) is 0 Å². The second-order valence-corrected chi connectivity index (χ2v) is 5.61. The highest BCUT2D eigenvalue weighted by atomic mass is 15.3. The molecule has 0 aromatic rings. The second-order valence-electron chi connectivity index (χ2n) is 5.61. The Balaban J connectivity index is 1.87. The predicted molar refractivity (Wildman–Crippen MR) is 64.7 cm³/mol. The van der Waals surface area contributed by atoms with Crippen LogP contribution in [0.25, 0.3) is 0 Å². The van der Waals surface area contributed by atoms with Gasteiger partial charge in [0, 0.05) is 32.2 Å². The van der Waals surface area contributed by atoms with Gasteiger partial charge in [0.15, 0.2) is 0 Å². The summed E-state index contributed by atoms with van der Waals surface area (Å²) in [5, 5.41) is 0. The molecule has 1 saturated carbocycles. The number of rotatable bonds is 1. The normalized spacial score (nSPS) is 40.6. The molecule has 1 aliphatic heterocycles. The van der Waals surface area contributed by atoms with Gasteiger partial charge in [-0.05, 0) is 38.1 Å². The Morgan fingerprint density at radius 3 is 2.00 bits per heavy atom. The average molecular weight is 209 g/mol. The Labute approximate surface area is 94.6 Å². The number of likely N-dealkylation sites (N-methyl/N-ethyl adjacent to an activating group) is 1. The molecule has 0 spiro atoms. The van der Waals surface area contributed by atoms with E-state index >= 15 is 0 Å². The first-order valence-electron chi connectivity index (χ1n) is 6.42. The lowest BCUT2D eigenvalue weighted by molar-refractivity contribution is 0.0788. The minimum atomic E-state index is 0.818. The predicted octanol–water partition coefficient (Wildman–Crippen LogP) is 1.87. The van der Waals surface area contributed by atoms with Crippen LogP contribution < -0.4 is 0 Å². The smallest absolute Gasteiger partial charge is 0.0113 e. The van der Waals surface area contributed by atoms with Crippen molar-refractivity contribution in [3.05, 3.63) is 6.42 Å². The first-order valence-corrected chi connectivity index (χ1v) is 6.42. The van der Waals surface area contributed by atoms with E-state index in [4.69, 9.17) is 0 Å². The molecule has 2 atom stereocenters. The molecule has 0 amide bonds. The van der Waals surface area contributed by atoms with Gasteiger partial charge < -0.3 is 4.90 Å². The van der Waals surface area contributed by atoms with Crippen molar-refractivity contribution in [1.29, 1.82) is 0 Å². The quantitative estimate of drug-likeness (QED) is 0.650. The molecule has 0 bridgehead atoms. The number of piperazine rings is 1. The van der Waals surface area contributed by atoms with Crippen LogP contribution in [0.3, 0.4) is 0 Å². The highest BCUT2D eigenvalue weighted by molar-refractivity contribution is 4.92. The molecule has 2 unspecified atom stereocenters. The van der Waals surface area contributed by atoms with Gasteiger partial charge in [0.1, 0.15) is 0 Å². The maximum Gasteiger partial charge on any atom is 0.0113 e. The molecule has 2 heteroatoms. The van der Waals surface area contributed by atoms with Crippen LogP contribution in [-0.4, -0.2) is 49.1 Å². The molecule has 0 aromatic heterocycles. The van der Waals surface area contributed by atoms with Gasteiger partial charge in [-0.2, -0.15) is 0 Å². The summed E-state index contributed by atoms with van der Waals surface area (Å²) in [6.45, 7) is 9.81. The van der Waals surface area contributed by atoms with E-state index in [0.29, 0.717) is 0 Å². The van der Waals surface area contributed by atoms with E-state index in [1.165, 1.54) is 39.0 Å². The average Bonchev–Trinajstić information content (AvgIpc) is 2.17. The maximum absolute atomic E-state index is 2.72. The lowest BCUT2D eigenvalue weighted by Crippen LogP contribution is -2.50. The van der Waals surface area contributed by atoms with Crippen LogP contribution in [0, 0.1) is 18.3 Å². The molecule has 87 valence electrons. The van der Waals surface area contributed by atoms with Crippen molar-refractivity contribution >= 4 is 0 Å². The van der Waals surface area contributed by atoms with Gasteiger partial charge in [0.2, 0.25) is 0 Å². The molecule has 1 aliphatic carbocycles. The molecule has 2 nitrogen and oxygen atoms in total. The topological polar surface area (TPSA) is 6.48 Å². The minimum absolute atomic E-state index is 0.818. The van der Waals surface area contributed by atoms with Crippen LogP contribution in [-0.2, 0) is 0 Å². The third kappa shape index (κ3) is 2.94. The van der Waals surface area contributed by atoms with Crippen molar-refractivity contribution in [2.45, 2.75) is 32.7 Å². The van der Waals surface area contributed by atoms with Crippen molar-refractivity contribution < 1.29 is 0 Å². The molecule has 0 N–H and O–H groups in total. The van der Waals surface area contributed by atoms with Gasteiger partial charge in [-0.25, -0.2) is 0 Å². The standard InChI is InChI=1S/C13H25N2/c1-11-8-12(2)10-13(9-11)15-6-4-14(3)5-7-15/h8,11-13H,4-7,9-10H2,1-3H3. The summed E-state index contributed by atoms with van der Waals surface area (Å²) in [6, 6.07) is 0.855. The van der Waals surface area contributed by atoms with Gasteiger partial charge in [-0.15, -0.1) is 0 Å². The van der Waals surface area contributed by atoms with Gasteiger partial charge in [-0.1, -0.05) is 13.8 Å². The number of hydrogen-bond donors (Lipinski definition) is 0. The van der Waals surface area contributed by atoms with Crippen LogP contribution in [0.2, 0.25) is 0 Å². The van der Waals surface area contributed by atoms with E-state index in [9.17, 15) is 0 Å². The van der Waals surface area contributed by atoms with E-state index in [0.717, 1.165) is 17.9 Å². The van der Waals surface area contributed by atoms with Crippen LogP contribution in [0.15, 0.2) is 0 Å². The summed E-state index contributed by atoms with van der Waals surface area (Å²) in [7, 11) is 2.23. The van der Waals surface area contributed by atoms with Crippen molar-refractivity contribution in [1.82, 2.24) is 9.80 Å². The molecule has 0 aromatic carbocycles. The Hall–Kier alpha value is -0.0800. The minimum Gasteiger partial charge on any atom is -0.304 e. The van der Waals surface area contributed by atoms with Crippen LogP contribution in [0.5, 0.6) is 0 Å². The fraction of sp³-hybridized carbons (Fsp3) is 0.923. The van der Waals surface area contributed by atoms with Crippen molar-refractivity contribution in [3.8, 4) is 0 Å². The van der Waals surface area contributed by atoms with Gasteiger partial charge in [0.25, 0.3) is 0 Å². The van der Waals surface area contributed by atoms with Gasteiger partial charge in [-0.3, -0.25) is 4.90 Å². The fourth-order valence-electron chi connectivity index (χ4n) is 3.16. The SMILES string of the molecule is CC1[CH]C(C)CC(N2CCN(C)CC2)C1. The summed E-state index contributed by atoms with van der Waals surface area (Å²) in [5.41, 5.74) is 0. The molecule has 1 heterocycles. The van der Waals surface area contributed by atoms with Crippen molar-refractivity contribution in [3.63, 3.8) is 0 Å². The third-order valence-electron chi connectivity index (χ3n) is 4.00. The van der Waals surface area contributed by atoms with Crippen LogP contribution in [0.4, 0.5) is 0 Å². The molecular formula is C13H25N2. The summed E-state index contributed by atoms with van der Waals surface area (Å²) in [6.07, 6.45) is 5.30. The van der Waals surface area contributed by atoms with Gasteiger partial charge >= 0.3 is 0 Å². The Morgan fingerprint density at radius 1 is 0.933 bits per heavy atom. The van der Waals surface area contributed by atoms with E-state index in [-0.39, 0.29) is 0 Å². The summed E-state index contributed by atoms with van der Waals surface area (Å²) in [5.74, 6) is 1.64. The van der Waals surface area contributed by atoms with Gasteiger partial charge in [0.05, 0.1) is 0 Å². The lowest BCUT2D eigenvalue weighted by atomic mass is 9.79. The number of nitrogens with zero attached hydrogens (tertiary/aromatic N) is 2. The van der Waals surface area contributed by atoms with E-state index < -0.39 is 0 Å². The molecule has 1 saturated heterocycles. The fourth-order valence-corrected chi connectivity index (χ4v) is 3.16. The largest absolute Gasteiger partial charge is 0.304 e. The Morgan fingerprint density at radius 2 is 1.47 bits per heavy atom. The van der Waals surface area contributed by atoms with Crippen molar-refractivity contribution in [2.75, 3.05) is 33.2 Å². The summed E-state index contributed by atoms with van der Waals surface area (Å²) in [4.78, 5) is 5.16. The van der Waals surface area contributed by atoms with Crippen LogP contribution in [0.1, 0.15) is 26.7 Å². The van der Waals surface area contributed by atoms with Crippen LogP contribution >= 0.6 is 0 Å². The molecule has 2 rings (SSSR count). The first kappa shape index (κ1) is 11.4. The maximum atomic E-state index is 2.72. The number of hydrogen-bond acceptors (Lipinski definition) is 2. The molecule has 1 radical (unpaired) electrons. The first-order chi connectivity index (χ1) is 7.15. The molecular weight excluding hydrogens is 184 g/mol. The monoisotopic (exact) mass is 209 g/mol. The Kier molecular flexibility index (Phi) is 3.68. The highest BCUT2D eigenvalue weighted by Crippen LogP contribution is 2.30. The Bertz CT molecular complexity index is 187. The van der Waals surface area contributed by atoms with E-state index in [2.05, 4.69) is 37.1 Å². The molecule has 15 heavy (non-hydrogen) atoms. The van der Waals surface area contributed by atoms with E-state index in [1.54, 1.807) is 0 Å².